The molecular formula is C22H24FN3O. The third-order valence-electron chi connectivity index (χ3n) is 4.91. The summed E-state index contributed by atoms with van der Waals surface area (Å²) in [7, 11) is 4.05. The first-order valence-corrected chi connectivity index (χ1v) is 9.20. The smallest absolute Gasteiger partial charge is 0.143 e. The second-order valence-electron chi connectivity index (χ2n) is 7.16. The highest BCUT2D eigenvalue weighted by atomic mass is 19.1. The number of rotatable bonds is 6. The second-order valence-corrected chi connectivity index (χ2v) is 7.16. The van der Waals surface area contributed by atoms with Crippen LogP contribution in [0.25, 0.3) is 0 Å². The maximum Gasteiger partial charge on any atom is 0.143 e. The number of anilines is 2. The maximum absolute atomic E-state index is 13.8. The topological polar surface area (TPSA) is 36.5 Å². The van der Waals surface area contributed by atoms with Gasteiger partial charge in [0.15, 0.2) is 0 Å². The van der Waals surface area contributed by atoms with Crippen LogP contribution in [-0.4, -0.2) is 38.2 Å². The first-order chi connectivity index (χ1) is 13.1. The van der Waals surface area contributed by atoms with E-state index in [-0.39, 0.29) is 17.8 Å². The zero-order valence-corrected chi connectivity index (χ0v) is 15.6. The summed E-state index contributed by atoms with van der Waals surface area (Å²) in [6, 6.07) is 14.9. The van der Waals surface area contributed by atoms with Crippen molar-refractivity contribution in [3.63, 3.8) is 0 Å². The van der Waals surface area contributed by atoms with E-state index in [1.165, 1.54) is 6.07 Å². The fraction of sp³-hybridized carbons (Fsp3) is 0.273. The van der Waals surface area contributed by atoms with Crippen molar-refractivity contribution in [3.8, 4) is 0 Å². The summed E-state index contributed by atoms with van der Waals surface area (Å²) < 4.78 is 20.0. The summed E-state index contributed by atoms with van der Waals surface area (Å²) in [6.45, 7) is 1.41. The number of benzene rings is 2. The van der Waals surface area contributed by atoms with E-state index in [0.717, 1.165) is 34.9 Å². The summed E-state index contributed by atoms with van der Waals surface area (Å²) in [4.78, 5) is 2.09. The van der Waals surface area contributed by atoms with Crippen molar-refractivity contribution in [3.05, 3.63) is 83.5 Å². The molecule has 0 bridgehead atoms. The van der Waals surface area contributed by atoms with Gasteiger partial charge in [-0.05, 0) is 56.1 Å². The first-order valence-electron chi connectivity index (χ1n) is 9.20. The van der Waals surface area contributed by atoms with Gasteiger partial charge in [0.05, 0.1) is 11.7 Å². The lowest BCUT2D eigenvalue weighted by Crippen LogP contribution is -2.30. The Hall–Kier alpha value is -2.79. The van der Waals surface area contributed by atoms with E-state index < -0.39 is 0 Å². The van der Waals surface area contributed by atoms with Crippen molar-refractivity contribution in [2.75, 3.05) is 37.9 Å². The molecule has 0 amide bonds. The minimum absolute atomic E-state index is 0.0415. The van der Waals surface area contributed by atoms with Crippen LogP contribution in [0.3, 0.4) is 0 Å². The predicted octanol–water partition coefficient (Wildman–Crippen LogP) is 4.18. The molecule has 2 atom stereocenters. The van der Waals surface area contributed by atoms with E-state index >= 15 is 0 Å². The Morgan fingerprint density at radius 1 is 1.15 bits per heavy atom. The standard InChI is InChI=1S/C22H24FN3O/c1-26(2)12-13-27-22-20(24-16-6-4-3-5-7-16)11-9-17-18-14-15(23)8-10-19(18)25-21(17)22/h3-11,14,17,21,24-25H,12-13H2,1-2H3. The number of nitrogens with one attached hydrogen (secondary N) is 2. The van der Waals surface area contributed by atoms with E-state index in [2.05, 4.69) is 21.6 Å². The molecule has 2 aromatic rings. The highest BCUT2D eigenvalue weighted by Crippen LogP contribution is 2.43. The molecule has 2 aromatic carbocycles. The molecule has 2 N–H and O–H groups in total. The minimum atomic E-state index is -0.211. The van der Waals surface area contributed by atoms with Crippen molar-refractivity contribution in [2.24, 2.45) is 0 Å². The monoisotopic (exact) mass is 365 g/mol. The van der Waals surface area contributed by atoms with Crippen LogP contribution in [0.5, 0.6) is 0 Å². The molecule has 0 spiro atoms. The maximum atomic E-state index is 13.8. The lowest BCUT2D eigenvalue weighted by atomic mass is 9.89. The van der Waals surface area contributed by atoms with Gasteiger partial charge in [-0.1, -0.05) is 24.3 Å². The summed E-state index contributed by atoms with van der Waals surface area (Å²) in [5.74, 6) is 0.716. The minimum Gasteiger partial charge on any atom is -0.492 e. The van der Waals surface area contributed by atoms with Gasteiger partial charge in [0.2, 0.25) is 0 Å². The lowest BCUT2D eigenvalue weighted by molar-refractivity contribution is 0.167. The Morgan fingerprint density at radius 2 is 1.96 bits per heavy atom. The van der Waals surface area contributed by atoms with E-state index in [4.69, 9.17) is 4.74 Å². The van der Waals surface area contributed by atoms with Gasteiger partial charge in [-0.25, -0.2) is 4.39 Å². The van der Waals surface area contributed by atoms with Crippen molar-refractivity contribution >= 4 is 11.4 Å². The second kappa shape index (κ2) is 7.45. The summed E-state index contributed by atoms with van der Waals surface area (Å²) in [6.07, 6.45) is 4.16. The van der Waals surface area contributed by atoms with E-state index in [0.29, 0.717) is 6.61 Å². The van der Waals surface area contributed by atoms with Crippen molar-refractivity contribution < 1.29 is 9.13 Å². The molecule has 0 saturated heterocycles. The van der Waals surface area contributed by atoms with Gasteiger partial charge < -0.3 is 20.3 Å². The molecule has 4 rings (SSSR count). The largest absolute Gasteiger partial charge is 0.492 e. The van der Waals surface area contributed by atoms with Gasteiger partial charge in [-0.3, -0.25) is 0 Å². The molecule has 4 nitrogen and oxygen atoms in total. The van der Waals surface area contributed by atoms with Crippen LogP contribution in [0.1, 0.15) is 11.5 Å². The van der Waals surface area contributed by atoms with Gasteiger partial charge >= 0.3 is 0 Å². The van der Waals surface area contributed by atoms with Crippen LogP contribution in [0, 0.1) is 5.82 Å². The number of nitrogens with zero attached hydrogens (tertiary/aromatic N) is 1. The molecule has 0 fully saturated rings. The Bertz CT molecular complexity index is 876. The van der Waals surface area contributed by atoms with Crippen LogP contribution in [0.15, 0.2) is 72.1 Å². The van der Waals surface area contributed by atoms with Crippen LogP contribution in [-0.2, 0) is 4.74 Å². The number of allylic oxidation sites excluding steroid dienone is 1. The number of fused-ring (bicyclic) bond motifs is 3. The van der Waals surface area contributed by atoms with E-state index in [9.17, 15) is 4.39 Å². The van der Waals surface area contributed by atoms with Gasteiger partial charge in [0, 0.05) is 23.8 Å². The predicted molar refractivity (Wildman–Crippen MR) is 107 cm³/mol. The highest BCUT2D eigenvalue weighted by Gasteiger charge is 2.38. The molecule has 0 saturated carbocycles. The highest BCUT2D eigenvalue weighted by molar-refractivity contribution is 5.66. The molecule has 140 valence electrons. The molecule has 27 heavy (non-hydrogen) atoms. The normalized spacial score (nSPS) is 20.3. The van der Waals surface area contributed by atoms with Gasteiger partial charge in [0.1, 0.15) is 18.2 Å². The first kappa shape index (κ1) is 17.6. The fourth-order valence-electron chi connectivity index (χ4n) is 3.56. The third kappa shape index (κ3) is 3.69. The number of hydrogen-bond acceptors (Lipinski definition) is 4. The number of para-hydroxylation sites is 1. The number of hydrogen-bond donors (Lipinski definition) is 2. The van der Waals surface area contributed by atoms with Gasteiger partial charge in [-0.15, -0.1) is 0 Å². The van der Waals surface area contributed by atoms with Gasteiger partial charge in [-0.2, -0.15) is 0 Å². The molecule has 0 radical (unpaired) electrons. The average molecular weight is 365 g/mol. The summed E-state index contributed by atoms with van der Waals surface area (Å²) in [5, 5.41) is 6.97. The van der Waals surface area contributed by atoms with Crippen LogP contribution in [0.2, 0.25) is 0 Å². The average Bonchev–Trinajstić information content (AvgIpc) is 3.02. The van der Waals surface area contributed by atoms with Gasteiger partial charge in [0.25, 0.3) is 0 Å². The fourth-order valence-corrected chi connectivity index (χ4v) is 3.56. The molecule has 1 aliphatic heterocycles. The van der Waals surface area contributed by atoms with Crippen LogP contribution >= 0.6 is 0 Å². The number of likely N-dealkylation sites (N-methyl/N-ethyl adjacent to an activating group) is 1. The Kier molecular flexibility index (Phi) is 4.86. The Balaban J connectivity index is 1.64. The number of halogens is 1. The molecule has 0 aromatic heterocycles. The third-order valence-corrected chi connectivity index (χ3v) is 4.91. The molecule has 2 unspecified atom stereocenters. The lowest BCUT2D eigenvalue weighted by Gasteiger charge is -2.28. The molecule has 2 aliphatic rings. The quantitative estimate of drug-likeness (QED) is 0.805. The van der Waals surface area contributed by atoms with E-state index in [1.54, 1.807) is 12.1 Å². The molecular weight excluding hydrogens is 341 g/mol. The van der Waals surface area contributed by atoms with Crippen molar-refractivity contribution in [1.29, 1.82) is 0 Å². The SMILES string of the molecule is CN(C)CCOC1=C(Nc2ccccc2)C=CC2c3cc(F)ccc3NC12. The van der Waals surface area contributed by atoms with Crippen LogP contribution < -0.4 is 10.6 Å². The Morgan fingerprint density at radius 3 is 2.74 bits per heavy atom. The zero-order valence-electron chi connectivity index (χ0n) is 15.6. The molecule has 1 heterocycles. The zero-order chi connectivity index (χ0) is 18.8. The molecule has 1 aliphatic carbocycles. The molecule has 5 heteroatoms. The Labute approximate surface area is 159 Å². The van der Waals surface area contributed by atoms with Crippen LogP contribution in [0.4, 0.5) is 15.8 Å². The van der Waals surface area contributed by atoms with E-state index in [1.807, 2.05) is 50.5 Å². The van der Waals surface area contributed by atoms with Crippen molar-refractivity contribution in [2.45, 2.75) is 12.0 Å². The summed E-state index contributed by atoms with van der Waals surface area (Å²) in [5.41, 5.74) is 3.88. The van der Waals surface area contributed by atoms with Crippen molar-refractivity contribution in [1.82, 2.24) is 4.90 Å². The number of ether oxygens (including phenoxy) is 1. The summed E-state index contributed by atoms with van der Waals surface area (Å²) >= 11 is 0.